The Morgan fingerprint density at radius 2 is 2.30 bits per heavy atom. The first-order valence-electron chi connectivity index (χ1n) is 6.09. The highest BCUT2D eigenvalue weighted by Crippen LogP contribution is 2.45. The highest BCUT2D eigenvalue weighted by molar-refractivity contribution is 9.10. The molecule has 2 heterocycles. The lowest BCUT2D eigenvalue weighted by Crippen LogP contribution is -2.69. The van der Waals surface area contributed by atoms with Gasteiger partial charge in [0.1, 0.15) is 11.7 Å². The van der Waals surface area contributed by atoms with Gasteiger partial charge in [0.2, 0.25) is 0 Å². The average molecular weight is 357 g/mol. The fourth-order valence-corrected chi connectivity index (χ4v) is 3.51. The van der Waals surface area contributed by atoms with Gasteiger partial charge in [-0.25, -0.2) is 0 Å². The Bertz CT molecular complexity index is 609. The number of ether oxygens (including phenoxy) is 2. The molecule has 7 heteroatoms. The number of nitrogens with one attached hydrogen (secondary N) is 2. The molecular formula is C13H13BrN2O3S. The van der Waals surface area contributed by atoms with Crippen LogP contribution >= 0.6 is 28.1 Å². The molecular weight excluding hydrogens is 344 g/mol. The molecule has 0 saturated carbocycles. The minimum atomic E-state index is -0.916. The van der Waals surface area contributed by atoms with Crippen LogP contribution in [-0.4, -0.2) is 23.9 Å². The second kappa shape index (κ2) is 4.60. The van der Waals surface area contributed by atoms with Crippen molar-refractivity contribution >= 4 is 39.2 Å². The number of fused-ring (bicyclic) bond motifs is 4. The topological polar surface area (TPSA) is 59.6 Å². The van der Waals surface area contributed by atoms with Gasteiger partial charge in [-0.15, -0.1) is 0 Å². The molecule has 0 radical (unpaired) electrons. The Morgan fingerprint density at radius 3 is 3.00 bits per heavy atom. The van der Waals surface area contributed by atoms with Gasteiger partial charge in [0, 0.05) is 10.0 Å². The number of benzene rings is 1. The molecule has 2 aliphatic rings. The monoisotopic (exact) mass is 356 g/mol. The quantitative estimate of drug-likeness (QED) is 0.591. The summed E-state index contributed by atoms with van der Waals surface area (Å²) >= 11 is 8.64. The predicted molar refractivity (Wildman–Crippen MR) is 80.3 cm³/mol. The zero-order valence-electron chi connectivity index (χ0n) is 10.9. The van der Waals surface area contributed by atoms with Gasteiger partial charge in [-0.2, -0.15) is 0 Å². The van der Waals surface area contributed by atoms with Crippen molar-refractivity contribution in [3.05, 3.63) is 28.2 Å². The van der Waals surface area contributed by atoms with E-state index in [9.17, 15) is 4.79 Å². The van der Waals surface area contributed by atoms with Gasteiger partial charge >= 0.3 is 5.97 Å². The van der Waals surface area contributed by atoms with Gasteiger partial charge < -0.3 is 20.1 Å². The summed E-state index contributed by atoms with van der Waals surface area (Å²) in [7, 11) is 1.37. The van der Waals surface area contributed by atoms with E-state index in [-0.39, 0.29) is 12.0 Å². The number of rotatable bonds is 1. The van der Waals surface area contributed by atoms with Gasteiger partial charge in [-0.05, 0) is 37.3 Å². The third kappa shape index (κ3) is 1.96. The van der Waals surface area contributed by atoms with Crippen LogP contribution in [0.3, 0.4) is 0 Å². The summed E-state index contributed by atoms with van der Waals surface area (Å²) < 4.78 is 11.8. The van der Waals surface area contributed by atoms with Gasteiger partial charge in [0.15, 0.2) is 10.8 Å². The Morgan fingerprint density at radius 1 is 1.55 bits per heavy atom. The molecule has 2 N–H and O–H groups in total. The third-order valence-corrected chi connectivity index (χ3v) is 4.37. The molecule has 0 aromatic heterocycles. The number of methoxy groups -OCH3 is 1. The molecule has 1 saturated heterocycles. The van der Waals surface area contributed by atoms with Gasteiger partial charge in [0.05, 0.1) is 13.2 Å². The van der Waals surface area contributed by atoms with E-state index in [1.807, 2.05) is 18.2 Å². The standard InChI is InChI=1S/C13H13BrN2O3S/c1-13-9(11(17)18-2)10(15-12(20)16-13)7-5-6(14)3-4-8(7)19-13/h3-5,9-10H,1-2H3,(H2,15,16,20)/t9-,10+,13+/m1/s1. The van der Waals surface area contributed by atoms with Crippen molar-refractivity contribution in [2.45, 2.75) is 18.7 Å². The molecule has 1 fully saturated rings. The van der Waals surface area contributed by atoms with E-state index in [0.717, 1.165) is 15.8 Å². The van der Waals surface area contributed by atoms with Crippen LogP contribution in [0.15, 0.2) is 22.7 Å². The molecule has 20 heavy (non-hydrogen) atoms. The van der Waals surface area contributed by atoms with E-state index in [1.165, 1.54) is 7.11 Å². The molecule has 2 bridgehead atoms. The van der Waals surface area contributed by atoms with E-state index in [0.29, 0.717) is 5.11 Å². The smallest absolute Gasteiger partial charge is 0.317 e. The fourth-order valence-electron chi connectivity index (χ4n) is 2.80. The van der Waals surface area contributed by atoms with Crippen molar-refractivity contribution < 1.29 is 14.3 Å². The van der Waals surface area contributed by atoms with Crippen LogP contribution in [0.2, 0.25) is 0 Å². The van der Waals surface area contributed by atoms with Crippen LogP contribution in [0.5, 0.6) is 5.75 Å². The fraction of sp³-hybridized carbons (Fsp3) is 0.385. The zero-order chi connectivity index (χ0) is 14.5. The number of thiocarbonyl (C=S) groups is 1. The molecule has 2 aliphatic heterocycles. The van der Waals surface area contributed by atoms with E-state index in [1.54, 1.807) is 6.92 Å². The molecule has 0 aliphatic carbocycles. The summed E-state index contributed by atoms with van der Waals surface area (Å²) in [6, 6.07) is 5.42. The van der Waals surface area contributed by atoms with E-state index >= 15 is 0 Å². The first-order chi connectivity index (χ1) is 9.44. The lowest BCUT2D eigenvalue weighted by Gasteiger charge is -2.50. The molecule has 0 amide bonds. The Hall–Kier alpha value is -1.34. The molecule has 5 nitrogen and oxygen atoms in total. The number of carbonyl (C=O) groups excluding carboxylic acids is 1. The number of esters is 1. The van der Waals surface area contributed by atoms with Crippen molar-refractivity contribution in [1.82, 2.24) is 10.6 Å². The van der Waals surface area contributed by atoms with E-state index in [4.69, 9.17) is 21.7 Å². The summed E-state index contributed by atoms with van der Waals surface area (Å²) in [5.41, 5.74) is -0.0305. The molecule has 106 valence electrons. The highest BCUT2D eigenvalue weighted by atomic mass is 79.9. The summed E-state index contributed by atoms with van der Waals surface area (Å²) in [5, 5.41) is 6.63. The predicted octanol–water partition coefficient (Wildman–Crippen LogP) is 1.87. The average Bonchev–Trinajstić information content (AvgIpc) is 2.38. The molecule has 0 spiro atoms. The van der Waals surface area contributed by atoms with Crippen LogP contribution < -0.4 is 15.4 Å². The van der Waals surface area contributed by atoms with Crippen molar-refractivity contribution in [3.63, 3.8) is 0 Å². The zero-order valence-corrected chi connectivity index (χ0v) is 13.3. The number of hydrogen-bond donors (Lipinski definition) is 2. The van der Waals surface area contributed by atoms with Gasteiger partial charge in [0.25, 0.3) is 0 Å². The highest BCUT2D eigenvalue weighted by Gasteiger charge is 2.55. The molecule has 0 unspecified atom stereocenters. The second-order valence-electron chi connectivity index (χ2n) is 4.97. The minimum absolute atomic E-state index is 0.276. The first kappa shape index (κ1) is 13.6. The summed E-state index contributed by atoms with van der Waals surface area (Å²) in [4.78, 5) is 12.1. The largest absolute Gasteiger partial charge is 0.469 e. The second-order valence-corrected chi connectivity index (χ2v) is 6.29. The third-order valence-electron chi connectivity index (χ3n) is 3.66. The van der Waals surface area contributed by atoms with Crippen molar-refractivity contribution in [2.24, 2.45) is 5.92 Å². The number of halogens is 1. The Labute approximate surface area is 130 Å². The maximum absolute atomic E-state index is 12.1. The van der Waals surface area contributed by atoms with Crippen LogP contribution in [-0.2, 0) is 9.53 Å². The Balaban J connectivity index is 2.16. The van der Waals surface area contributed by atoms with Crippen molar-refractivity contribution in [2.75, 3.05) is 7.11 Å². The van der Waals surface area contributed by atoms with Crippen LogP contribution in [0.4, 0.5) is 0 Å². The maximum atomic E-state index is 12.1. The Kier molecular flexibility index (Phi) is 3.13. The number of hydrogen-bond acceptors (Lipinski definition) is 4. The lowest BCUT2D eigenvalue weighted by molar-refractivity contribution is -0.159. The molecule has 3 rings (SSSR count). The SMILES string of the molecule is COC(=O)[C@H]1[C@H]2NC(=S)N[C@@]1(C)Oc1ccc(Br)cc12. The van der Waals surface area contributed by atoms with E-state index < -0.39 is 11.6 Å². The number of carbonyl (C=O) groups is 1. The van der Waals surface area contributed by atoms with Gasteiger partial charge in [-0.1, -0.05) is 15.9 Å². The van der Waals surface area contributed by atoms with E-state index in [2.05, 4.69) is 26.6 Å². The van der Waals surface area contributed by atoms with Crippen LogP contribution in [0, 0.1) is 5.92 Å². The normalized spacial score (nSPS) is 30.4. The lowest BCUT2D eigenvalue weighted by atomic mass is 9.80. The maximum Gasteiger partial charge on any atom is 0.317 e. The molecule has 3 atom stereocenters. The molecule has 1 aromatic rings. The van der Waals surface area contributed by atoms with Crippen LogP contribution in [0.1, 0.15) is 18.5 Å². The first-order valence-corrected chi connectivity index (χ1v) is 7.30. The molecule has 1 aromatic carbocycles. The summed E-state index contributed by atoms with van der Waals surface area (Å²) in [6.45, 7) is 1.81. The summed E-state index contributed by atoms with van der Waals surface area (Å²) in [5.74, 6) is -0.144. The minimum Gasteiger partial charge on any atom is -0.469 e. The van der Waals surface area contributed by atoms with Gasteiger partial charge in [-0.3, -0.25) is 4.79 Å². The summed E-state index contributed by atoms with van der Waals surface area (Å²) in [6.07, 6.45) is 0. The van der Waals surface area contributed by atoms with Crippen LogP contribution in [0.25, 0.3) is 0 Å². The van der Waals surface area contributed by atoms with Crippen molar-refractivity contribution in [1.29, 1.82) is 0 Å². The van der Waals surface area contributed by atoms with Crippen molar-refractivity contribution in [3.8, 4) is 5.75 Å².